The Hall–Kier alpha value is -1.46. The predicted octanol–water partition coefficient (Wildman–Crippen LogP) is 3.54. The molecular weight excluding hydrogens is 316 g/mol. The topological polar surface area (TPSA) is 43.6 Å². The number of hydrogen-bond acceptors (Lipinski definition) is 3. The van der Waals surface area contributed by atoms with Gasteiger partial charge in [0.25, 0.3) is 0 Å². The summed E-state index contributed by atoms with van der Waals surface area (Å²) in [4.78, 5) is 12.5. The summed E-state index contributed by atoms with van der Waals surface area (Å²) in [5, 5.41) is 0.403. The van der Waals surface area contributed by atoms with Gasteiger partial charge in [-0.25, -0.2) is 15.0 Å². The van der Waals surface area contributed by atoms with E-state index in [0.717, 1.165) is 21.5 Å². The molecule has 0 amide bonds. The van der Waals surface area contributed by atoms with Crippen molar-refractivity contribution in [3.63, 3.8) is 0 Å². The first-order valence-corrected chi connectivity index (χ1v) is 6.45. The molecule has 0 N–H and O–H groups in total. The van der Waals surface area contributed by atoms with E-state index in [9.17, 15) is 0 Å². The van der Waals surface area contributed by atoms with Crippen LogP contribution in [-0.4, -0.2) is 19.5 Å². The number of halogens is 2. The van der Waals surface area contributed by atoms with Gasteiger partial charge in [-0.2, -0.15) is 0 Å². The number of rotatable bonds is 1. The fourth-order valence-electron chi connectivity index (χ4n) is 1.92. The van der Waals surface area contributed by atoms with E-state index < -0.39 is 0 Å². The monoisotopic (exact) mass is 322 g/mol. The number of aromatic nitrogens is 4. The molecule has 90 valence electrons. The quantitative estimate of drug-likeness (QED) is 0.643. The molecule has 0 saturated heterocycles. The lowest BCUT2D eigenvalue weighted by Crippen LogP contribution is -1.97. The molecule has 0 unspecified atom stereocenters. The van der Waals surface area contributed by atoms with E-state index >= 15 is 0 Å². The summed E-state index contributed by atoms with van der Waals surface area (Å²) in [6.45, 7) is 1.92. The summed E-state index contributed by atoms with van der Waals surface area (Å²) < 4.78 is 2.94. The van der Waals surface area contributed by atoms with Crippen molar-refractivity contribution in [1.82, 2.24) is 19.5 Å². The summed E-state index contributed by atoms with van der Waals surface area (Å²) in [6, 6.07) is 7.91. The summed E-state index contributed by atoms with van der Waals surface area (Å²) in [5.74, 6) is 0.825. The Morgan fingerprint density at radius 1 is 1.28 bits per heavy atom. The zero-order chi connectivity index (χ0) is 12.7. The van der Waals surface area contributed by atoms with E-state index in [1.165, 1.54) is 6.33 Å². The third kappa shape index (κ3) is 1.79. The Kier molecular flexibility index (Phi) is 2.80. The van der Waals surface area contributed by atoms with Crippen LogP contribution in [0.5, 0.6) is 0 Å². The smallest absolute Gasteiger partial charge is 0.182 e. The van der Waals surface area contributed by atoms with Crippen LogP contribution in [0.25, 0.3) is 16.9 Å². The largest absolute Gasteiger partial charge is 0.292 e. The van der Waals surface area contributed by atoms with Gasteiger partial charge in [-0.1, -0.05) is 33.6 Å². The number of nitrogens with zero attached hydrogens (tertiary/aromatic N) is 4. The molecule has 18 heavy (non-hydrogen) atoms. The highest BCUT2D eigenvalue weighted by atomic mass is 79.9. The second-order valence-corrected chi connectivity index (χ2v) is 5.08. The second-order valence-electron chi connectivity index (χ2n) is 3.81. The number of imidazole rings is 1. The van der Waals surface area contributed by atoms with Gasteiger partial charge in [-0.3, -0.25) is 4.57 Å². The summed E-state index contributed by atoms with van der Waals surface area (Å²) in [7, 11) is 0. The van der Waals surface area contributed by atoms with Gasteiger partial charge in [0.2, 0.25) is 0 Å². The fraction of sp³-hybridized carbons (Fsp3) is 0.0833. The molecule has 2 heterocycles. The molecule has 3 rings (SSSR count). The van der Waals surface area contributed by atoms with Gasteiger partial charge >= 0.3 is 0 Å². The zero-order valence-electron chi connectivity index (χ0n) is 9.43. The van der Waals surface area contributed by atoms with E-state index in [4.69, 9.17) is 11.6 Å². The van der Waals surface area contributed by atoms with E-state index in [1.54, 1.807) is 0 Å². The van der Waals surface area contributed by atoms with Crippen LogP contribution < -0.4 is 0 Å². The Morgan fingerprint density at radius 2 is 2.11 bits per heavy atom. The Balaban J connectivity index is 2.38. The van der Waals surface area contributed by atoms with Crippen molar-refractivity contribution < 1.29 is 0 Å². The lowest BCUT2D eigenvalue weighted by molar-refractivity contribution is 0.998. The maximum absolute atomic E-state index is 6.14. The lowest BCUT2D eigenvalue weighted by atomic mass is 10.3. The molecule has 0 atom stereocenters. The molecule has 0 radical (unpaired) electrons. The van der Waals surface area contributed by atoms with Crippen LogP contribution in [0, 0.1) is 6.92 Å². The average Bonchev–Trinajstić information content (AvgIpc) is 2.67. The molecule has 6 heteroatoms. The molecular formula is C12H8BrClN4. The first-order valence-electron chi connectivity index (χ1n) is 5.28. The summed E-state index contributed by atoms with van der Waals surface area (Å²) in [6.07, 6.45) is 1.42. The van der Waals surface area contributed by atoms with Crippen LogP contribution in [0.2, 0.25) is 5.15 Å². The third-order valence-electron chi connectivity index (χ3n) is 2.64. The first-order chi connectivity index (χ1) is 8.66. The molecule has 0 spiro atoms. The molecule has 0 bridgehead atoms. The average molecular weight is 324 g/mol. The SMILES string of the molecule is Cc1nc2ncnc(Cl)c2n1-c1cccc(Br)c1. The minimum Gasteiger partial charge on any atom is -0.292 e. The standard InChI is InChI=1S/C12H8BrClN4/c1-7-17-12-10(11(14)15-6-16-12)18(7)9-4-2-3-8(13)5-9/h2-6H,1H3. The highest BCUT2D eigenvalue weighted by molar-refractivity contribution is 9.10. The normalized spacial score (nSPS) is 11.1. The highest BCUT2D eigenvalue weighted by Gasteiger charge is 2.14. The summed E-state index contributed by atoms with van der Waals surface area (Å²) in [5.41, 5.74) is 2.31. The van der Waals surface area contributed by atoms with Gasteiger partial charge < -0.3 is 0 Å². The van der Waals surface area contributed by atoms with E-state index in [1.807, 2.05) is 35.8 Å². The van der Waals surface area contributed by atoms with Gasteiger partial charge in [0.15, 0.2) is 10.8 Å². The van der Waals surface area contributed by atoms with E-state index in [0.29, 0.717) is 10.8 Å². The summed E-state index contributed by atoms with van der Waals surface area (Å²) >= 11 is 9.60. The first kappa shape index (κ1) is 11.6. The highest BCUT2D eigenvalue weighted by Crippen LogP contribution is 2.25. The molecule has 4 nitrogen and oxygen atoms in total. The Morgan fingerprint density at radius 3 is 2.89 bits per heavy atom. The number of hydrogen-bond donors (Lipinski definition) is 0. The van der Waals surface area contributed by atoms with Gasteiger partial charge in [0, 0.05) is 10.2 Å². The van der Waals surface area contributed by atoms with Crippen molar-refractivity contribution in [2.45, 2.75) is 6.92 Å². The van der Waals surface area contributed by atoms with Crippen molar-refractivity contribution in [3.05, 3.63) is 46.0 Å². The molecule has 0 fully saturated rings. The van der Waals surface area contributed by atoms with Gasteiger partial charge in [-0.15, -0.1) is 0 Å². The maximum Gasteiger partial charge on any atom is 0.182 e. The van der Waals surface area contributed by atoms with Crippen molar-refractivity contribution in [2.24, 2.45) is 0 Å². The Bertz CT molecular complexity index is 738. The van der Waals surface area contributed by atoms with Gasteiger partial charge in [-0.05, 0) is 25.1 Å². The van der Waals surface area contributed by atoms with Crippen LogP contribution in [0.4, 0.5) is 0 Å². The van der Waals surface area contributed by atoms with Crippen LogP contribution in [0.15, 0.2) is 35.1 Å². The van der Waals surface area contributed by atoms with E-state index in [2.05, 4.69) is 30.9 Å². The van der Waals surface area contributed by atoms with Crippen LogP contribution in [0.1, 0.15) is 5.82 Å². The van der Waals surface area contributed by atoms with Gasteiger partial charge in [0.1, 0.15) is 17.7 Å². The Labute approximate surface area is 117 Å². The molecule has 1 aromatic carbocycles. The molecule has 0 aliphatic carbocycles. The molecule has 0 aliphatic heterocycles. The maximum atomic E-state index is 6.14. The lowest BCUT2D eigenvalue weighted by Gasteiger charge is -2.07. The minimum absolute atomic E-state index is 0.403. The van der Waals surface area contributed by atoms with Crippen molar-refractivity contribution in [3.8, 4) is 5.69 Å². The van der Waals surface area contributed by atoms with Crippen molar-refractivity contribution in [2.75, 3.05) is 0 Å². The predicted molar refractivity (Wildman–Crippen MR) is 74.1 cm³/mol. The van der Waals surface area contributed by atoms with Crippen LogP contribution in [0.3, 0.4) is 0 Å². The van der Waals surface area contributed by atoms with Crippen molar-refractivity contribution in [1.29, 1.82) is 0 Å². The number of fused-ring (bicyclic) bond motifs is 1. The molecule has 0 saturated carbocycles. The third-order valence-corrected chi connectivity index (χ3v) is 3.41. The fourth-order valence-corrected chi connectivity index (χ4v) is 2.52. The van der Waals surface area contributed by atoms with Crippen molar-refractivity contribution >= 4 is 38.7 Å². The number of aryl methyl sites for hydroxylation is 1. The molecule has 0 aliphatic rings. The molecule has 3 aromatic rings. The van der Waals surface area contributed by atoms with Crippen LogP contribution in [-0.2, 0) is 0 Å². The zero-order valence-corrected chi connectivity index (χ0v) is 11.8. The minimum atomic E-state index is 0.403. The number of benzene rings is 1. The van der Waals surface area contributed by atoms with Gasteiger partial charge in [0.05, 0.1) is 0 Å². The molecule has 2 aromatic heterocycles. The van der Waals surface area contributed by atoms with E-state index in [-0.39, 0.29) is 0 Å². The second kappa shape index (κ2) is 4.33. The van der Waals surface area contributed by atoms with Crippen LogP contribution >= 0.6 is 27.5 Å².